The molecule has 0 saturated carbocycles. The molecule has 0 N–H and O–H groups in total. The number of esters is 4. The van der Waals surface area contributed by atoms with Crippen molar-refractivity contribution in [3.05, 3.63) is 142 Å². The molecule has 0 atom stereocenters. The topological polar surface area (TPSA) is 105 Å². The van der Waals surface area contributed by atoms with Crippen LogP contribution in [0.5, 0.6) is 0 Å². The highest BCUT2D eigenvalue weighted by Crippen LogP contribution is 2.67. The fraction of sp³-hybridized carbons (Fsp3) is 0.467. The van der Waals surface area contributed by atoms with Gasteiger partial charge in [-0.15, -0.1) is 0 Å². The zero-order valence-electron chi connectivity index (χ0n) is 42.6. The van der Waals surface area contributed by atoms with Gasteiger partial charge in [0.05, 0.1) is 0 Å². The summed E-state index contributed by atoms with van der Waals surface area (Å²) in [5.41, 5.74) is 11.0. The maximum absolute atomic E-state index is 13.4. The van der Waals surface area contributed by atoms with Crippen molar-refractivity contribution in [2.24, 2.45) is 0 Å². The van der Waals surface area contributed by atoms with Crippen LogP contribution in [0.4, 0.5) is 0 Å². The molecule has 0 aromatic heterocycles. The lowest BCUT2D eigenvalue weighted by Gasteiger charge is -2.36. The number of allylic oxidation sites excluding steroid dienone is 4. The molecular formula is C60H72O8. The second kappa shape index (κ2) is 19.0. The molecule has 8 heteroatoms. The van der Waals surface area contributed by atoms with Crippen LogP contribution >= 0.6 is 0 Å². The van der Waals surface area contributed by atoms with Crippen LogP contribution in [-0.2, 0) is 61.8 Å². The first-order valence-electron chi connectivity index (χ1n) is 24.5. The molecule has 68 heavy (non-hydrogen) atoms. The number of hydrogen-bond donors (Lipinski definition) is 0. The van der Waals surface area contributed by atoms with Gasteiger partial charge in [-0.1, -0.05) is 97.1 Å². The summed E-state index contributed by atoms with van der Waals surface area (Å²) in [5.74, 6) is -1.27. The van der Waals surface area contributed by atoms with Gasteiger partial charge in [0.15, 0.2) is 0 Å². The van der Waals surface area contributed by atoms with Crippen LogP contribution in [0, 0.1) is 0 Å². The van der Waals surface area contributed by atoms with Crippen molar-refractivity contribution in [3.63, 3.8) is 0 Å². The Balaban J connectivity index is 0.000000352. The highest BCUT2D eigenvalue weighted by Gasteiger charge is 2.56. The fourth-order valence-corrected chi connectivity index (χ4v) is 10.9. The van der Waals surface area contributed by atoms with Gasteiger partial charge in [-0.3, -0.25) is 19.2 Å². The van der Waals surface area contributed by atoms with Gasteiger partial charge < -0.3 is 18.9 Å². The Morgan fingerprint density at radius 1 is 0.382 bits per heavy atom. The quantitative estimate of drug-likeness (QED) is 0.102. The Morgan fingerprint density at radius 2 is 0.632 bits per heavy atom. The number of ether oxygens (including phenoxy) is 4. The number of fused-ring (bicyclic) bond motifs is 8. The lowest BCUT2D eigenvalue weighted by atomic mass is 9.67. The van der Waals surface area contributed by atoms with Gasteiger partial charge in [-0.25, -0.2) is 0 Å². The molecule has 360 valence electrons. The number of rotatable bonds is 12. The maximum Gasteiger partial charge on any atom is 0.306 e. The summed E-state index contributed by atoms with van der Waals surface area (Å²) in [6.07, 6.45) is 4.33. The van der Waals surface area contributed by atoms with Crippen LogP contribution < -0.4 is 0 Å². The molecule has 8 nitrogen and oxygen atoms in total. The summed E-state index contributed by atoms with van der Waals surface area (Å²) in [7, 11) is 0. The molecule has 0 fully saturated rings. The van der Waals surface area contributed by atoms with E-state index in [9.17, 15) is 19.2 Å². The van der Waals surface area contributed by atoms with Gasteiger partial charge in [0.2, 0.25) is 0 Å². The third-order valence-electron chi connectivity index (χ3n) is 13.1. The van der Waals surface area contributed by atoms with E-state index in [1.54, 1.807) is 11.1 Å². The van der Waals surface area contributed by atoms with Crippen molar-refractivity contribution in [3.8, 4) is 0 Å². The van der Waals surface area contributed by atoms with E-state index in [-0.39, 0.29) is 49.6 Å². The molecule has 0 heterocycles. The van der Waals surface area contributed by atoms with Crippen LogP contribution in [0.2, 0.25) is 0 Å². The first-order chi connectivity index (χ1) is 31.8. The highest BCUT2D eigenvalue weighted by atomic mass is 16.6. The van der Waals surface area contributed by atoms with E-state index in [4.69, 9.17) is 18.9 Å². The smallest absolute Gasteiger partial charge is 0.306 e. The maximum atomic E-state index is 13.4. The first-order valence-corrected chi connectivity index (χ1v) is 24.5. The van der Waals surface area contributed by atoms with Gasteiger partial charge in [0, 0.05) is 36.5 Å². The minimum Gasteiger partial charge on any atom is -0.460 e. The lowest BCUT2D eigenvalue weighted by Crippen LogP contribution is -2.32. The Bertz CT molecular complexity index is 2400. The van der Waals surface area contributed by atoms with E-state index in [2.05, 4.69) is 72.8 Å². The summed E-state index contributed by atoms with van der Waals surface area (Å²) in [5, 5.41) is 0. The van der Waals surface area contributed by atoms with Crippen molar-refractivity contribution in [2.45, 2.75) is 181 Å². The molecule has 4 aromatic rings. The average molecular weight is 921 g/mol. The third kappa shape index (κ3) is 11.1. The summed E-state index contributed by atoms with van der Waals surface area (Å²) in [6.45, 7) is 22.2. The summed E-state index contributed by atoms with van der Waals surface area (Å²) >= 11 is 0. The zero-order chi connectivity index (χ0) is 49.5. The van der Waals surface area contributed by atoms with Crippen LogP contribution in [-0.4, -0.2) is 46.3 Å². The van der Waals surface area contributed by atoms with E-state index in [1.165, 1.54) is 22.3 Å². The predicted octanol–water partition coefficient (Wildman–Crippen LogP) is 13.3. The molecule has 0 radical (unpaired) electrons. The second-order valence-electron chi connectivity index (χ2n) is 23.0. The zero-order valence-corrected chi connectivity index (χ0v) is 42.6. The van der Waals surface area contributed by atoms with E-state index in [1.807, 2.05) is 107 Å². The van der Waals surface area contributed by atoms with Crippen LogP contribution in [0.1, 0.15) is 179 Å². The SMILES string of the molecule is CC(C)(C)OC(=O)CCC1(CCC(=O)OC(C)(C)C)C2=C(c3ccccc31)C(CCC(=O)OC(C)(C)C)(CCC(=O)OC(C)(C)C)c1ccccc12.c1ccc2c(c1)CC1=C2Cc2ccccc21. The Hall–Kier alpha value is -5.76. The van der Waals surface area contributed by atoms with Crippen molar-refractivity contribution in [1.82, 2.24) is 0 Å². The Kier molecular flexibility index (Phi) is 14.0. The molecule has 4 aromatic carbocycles. The van der Waals surface area contributed by atoms with Crippen LogP contribution in [0.3, 0.4) is 0 Å². The summed E-state index contributed by atoms with van der Waals surface area (Å²) in [4.78, 5) is 53.6. The number of benzene rings is 4. The van der Waals surface area contributed by atoms with Gasteiger partial charge in [0.1, 0.15) is 22.4 Å². The monoisotopic (exact) mass is 921 g/mol. The minimum atomic E-state index is -0.768. The van der Waals surface area contributed by atoms with Gasteiger partial charge in [-0.05, 0) is 188 Å². The molecular weight excluding hydrogens is 849 g/mol. The van der Waals surface area contributed by atoms with Gasteiger partial charge in [-0.2, -0.15) is 0 Å². The average Bonchev–Trinajstić information content (AvgIpc) is 3.94. The number of hydrogen-bond acceptors (Lipinski definition) is 8. The van der Waals surface area contributed by atoms with E-state index < -0.39 is 33.2 Å². The lowest BCUT2D eigenvalue weighted by molar-refractivity contribution is -0.157. The second-order valence-corrected chi connectivity index (χ2v) is 23.0. The van der Waals surface area contributed by atoms with Crippen LogP contribution in [0.25, 0.3) is 22.3 Å². The standard InChI is InChI=1S/C44H60O8.C16H12/c1-39(2,3)49-33(45)21-25-43(26-22-34(46)50-40(4,5)6)31-19-15-13-17-29(31)38-37(43)30-18-14-16-20-32(30)44(38,27-23-35(47)51-41(7,8)9)28-24-36(48)52-42(10,11)12;1-3-7-13-11(5-1)9-15-14-8-4-2-6-12(14)10-16(13)15/h13-20H,21-28H2,1-12H3;1-8H,9-10H2. The summed E-state index contributed by atoms with van der Waals surface area (Å²) in [6, 6.07) is 34.0. The minimum absolute atomic E-state index is 0.127. The molecule has 4 aliphatic carbocycles. The predicted molar refractivity (Wildman–Crippen MR) is 270 cm³/mol. The van der Waals surface area contributed by atoms with E-state index in [0.29, 0.717) is 25.7 Å². The van der Waals surface area contributed by atoms with E-state index >= 15 is 0 Å². The molecule has 4 aliphatic rings. The van der Waals surface area contributed by atoms with Crippen molar-refractivity contribution in [2.75, 3.05) is 0 Å². The largest absolute Gasteiger partial charge is 0.460 e. The number of carbonyl (C=O) groups excluding carboxylic acids is 4. The molecule has 0 unspecified atom stereocenters. The first kappa shape index (κ1) is 50.1. The van der Waals surface area contributed by atoms with Gasteiger partial charge >= 0.3 is 23.9 Å². The molecule has 0 amide bonds. The normalized spacial score (nSPS) is 16.1. The summed E-state index contributed by atoms with van der Waals surface area (Å²) < 4.78 is 23.2. The third-order valence-corrected chi connectivity index (χ3v) is 13.1. The Morgan fingerprint density at radius 3 is 0.912 bits per heavy atom. The molecule has 0 bridgehead atoms. The highest BCUT2D eigenvalue weighted by molar-refractivity contribution is 6.10. The molecule has 0 spiro atoms. The van der Waals surface area contributed by atoms with Crippen molar-refractivity contribution >= 4 is 46.2 Å². The van der Waals surface area contributed by atoms with Gasteiger partial charge in [0.25, 0.3) is 0 Å². The van der Waals surface area contributed by atoms with Crippen molar-refractivity contribution < 1.29 is 38.1 Å². The number of carbonyl (C=O) groups is 4. The fourth-order valence-electron chi connectivity index (χ4n) is 10.9. The molecule has 8 rings (SSSR count). The molecule has 0 saturated heterocycles. The van der Waals surface area contributed by atoms with Crippen molar-refractivity contribution in [1.29, 1.82) is 0 Å². The molecule has 0 aliphatic heterocycles. The van der Waals surface area contributed by atoms with Crippen LogP contribution in [0.15, 0.2) is 97.1 Å². The van der Waals surface area contributed by atoms with E-state index in [0.717, 1.165) is 46.2 Å². The Labute approximate surface area is 404 Å².